The first-order valence-electron chi connectivity index (χ1n) is 22.7. The van der Waals surface area contributed by atoms with Crippen LogP contribution in [-0.4, -0.2) is 15.0 Å². The van der Waals surface area contributed by atoms with Gasteiger partial charge in [-0.1, -0.05) is 212 Å². The van der Waals surface area contributed by atoms with Crippen molar-refractivity contribution in [2.24, 2.45) is 0 Å². The highest BCUT2D eigenvalue weighted by Gasteiger charge is 2.19. The van der Waals surface area contributed by atoms with Crippen molar-refractivity contribution in [1.82, 2.24) is 15.0 Å². The molecule has 0 saturated carbocycles. The summed E-state index contributed by atoms with van der Waals surface area (Å²) >= 11 is 1.84. The topological polar surface area (TPSA) is 38.7 Å². The van der Waals surface area contributed by atoms with Crippen molar-refractivity contribution >= 4 is 63.8 Å². The molecular weight excluding hydrogens is 831 g/mol. The maximum Gasteiger partial charge on any atom is 0.164 e. The molecule has 0 amide bonds. The third kappa shape index (κ3) is 6.86. The van der Waals surface area contributed by atoms with Crippen molar-refractivity contribution in [2.75, 3.05) is 0 Å². The van der Waals surface area contributed by atoms with Crippen molar-refractivity contribution in [3.05, 3.63) is 237 Å². The summed E-state index contributed by atoms with van der Waals surface area (Å²) < 4.78 is 2.51. The van der Waals surface area contributed by atoms with Crippen LogP contribution in [0.4, 0.5) is 0 Å². The third-order valence-electron chi connectivity index (χ3n) is 13.1. The van der Waals surface area contributed by atoms with Gasteiger partial charge in [0.2, 0.25) is 0 Å². The molecule has 0 aliphatic rings. The van der Waals surface area contributed by atoms with E-state index in [1.807, 2.05) is 47.7 Å². The zero-order chi connectivity index (χ0) is 44.3. The molecule has 67 heavy (non-hydrogen) atoms. The Balaban J connectivity index is 0.886. The van der Waals surface area contributed by atoms with Crippen LogP contribution < -0.4 is 0 Å². The average Bonchev–Trinajstić information content (AvgIpc) is 3.80. The highest BCUT2D eigenvalue weighted by atomic mass is 32.1. The quantitative estimate of drug-likeness (QED) is 0.150. The van der Waals surface area contributed by atoms with Crippen LogP contribution >= 0.6 is 11.3 Å². The van der Waals surface area contributed by atoms with Gasteiger partial charge in [0.25, 0.3) is 0 Å². The zero-order valence-corrected chi connectivity index (χ0v) is 37.1. The number of aromatic nitrogens is 3. The Kier molecular flexibility index (Phi) is 9.36. The Labute approximate surface area is 392 Å². The second kappa shape index (κ2) is 16.1. The van der Waals surface area contributed by atoms with E-state index in [4.69, 9.17) is 15.0 Å². The minimum atomic E-state index is 0.638. The molecule has 2 heterocycles. The molecule has 0 radical (unpaired) electrons. The fraction of sp³-hybridized carbons (Fsp3) is 0. The van der Waals surface area contributed by atoms with Gasteiger partial charge in [0.05, 0.1) is 0 Å². The molecule has 0 aliphatic heterocycles. The van der Waals surface area contributed by atoms with E-state index in [1.165, 1.54) is 85.9 Å². The van der Waals surface area contributed by atoms with Crippen LogP contribution in [0, 0.1) is 0 Å². The van der Waals surface area contributed by atoms with Crippen molar-refractivity contribution in [3.8, 4) is 78.7 Å². The molecular formula is C63H39N3S. The summed E-state index contributed by atoms with van der Waals surface area (Å²) in [6, 6.07) is 84.9. The summed E-state index contributed by atoms with van der Waals surface area (Å²) in [7, 11) is 0. The summed E-state index contributed by atoms with van der Waals surface area (Å²) in [6.07, 6.45) is 0. The molecule has 0 bridgehead atoms. The highest BCUT2D eigenvalue weighted by Crippen LogP contribution is 2.45. The lowest BCUT2D eigenvalue weighted by molar-refractivity contribution is 1.07. The molecule has 13 rings (SSSR count). The Morgan fingerprint density at radius 2 is 0.657 bits per heavy atom. The standard InChI is InChI=1S/C63H39N3S/c1-3-15-44(16-4-1)61-64-62(45-17-5-2-6-18-45)66-63(65-61)54-24-12-7-19-48(54)47-38-56(60-55-25-13-14-26-58(55)67-59(60)39-47)43-33-31-41(32-34-43)40-27-29-42(30-28-40)46-35-36-53-51-22-9-8-20-49(51)50-21-10-11-23-52(50)57(53)37-46/h1-39H. The fourth-order valence-corrected chi connectivity index (χ4v) is 11.1. The van der Waals surface area contributed by atoms with E-state index in [0.717, 1.165) is 27.8 Å². The molecule has 0 N–H and O–H groups in total. The van der Waals surface area contributed by atoms with Gasteiger partial charge in [0, 0.05) is 36.9 Å². The molecule has 0 unspecified atom stereocenters. The summed E-state index contributed by atoms with van der Waals surface area (Å²) in [5.41, 5.74) is 12.2. The number of benzene rings is 11. The first kappa shape index (κ1) is 38.9. The second-order valence-electron chi connectivity index (χ2n) is 17.1. The van der Waals surface area contributed by atoms with E-state index in [0.29, 0.717) is 17.5 Å². The number of hydrogen-bond donors (Lipinski definition) is 0. The minimum absolute atomic E-state index is 0.638. The van der Waals surface area contributed by atoms with E-state index < -0.39 is 0 Å². The Morgan fingerprint density at radius 1 is 0.224 bits per heavy atom. The molecule has 0 spiro atoms. The number of rotatable bonds is 7. The van der Waals surface area contributed by atoms with Crippen LogP contribution in [0.1, 0.15) is 0 Å². The monoisotopic (exact) mass is 869 g/mol. The molecule has 0 fully saturated rings. The maximum absolute atomic E-state index is 5.14. The lowest BCUT2D eigenvalue weighted by atomic mass is 9.91. The van der Waals surface area contributed by atoms with Crippen molar-refractivity contribution in [3.63, 3.8) is 0 Å². The molecule has 13 aromatic rings. The molecule has 4 heteroatoms. The van der Waals surface area contributed by atoms with Gasteiger partial charge in [0.15, 0.2) is 17.5 Å². The van der Waals surface area contributed by atoms with Gasteiger partial charge < -0.3 is 0 Å². The number of fused-ring (bicyclic) bond motifs is 9. The molecule has 0 atom stereocenters. The van der Waals surface area contributed by atoms with E-state index >= 15 is 0 Å². The average molecular weight is 870 g/mol. The lowest BCUT2D eigenvalue weighted by Gasteiger charge is -2.14. The molecule has 11 aromatic carbocycles. The van der Waals surface area contributed by atoms with Crippen molar-refractivity contribution in [2.45, 2.75) is 0 Å². The first-order chi connectivity index (χ1) is 33.2. The van der Waals surface area contributed by atoms with Gasteiger partial charge in [-0.05, 0) is 101 Å². The number of hydrogen-bond acceptors (Lipinski definition) is 4. The predicted molar refractivity (Wildman–Crippen MR) is 283 cm³/mol. The van der Waals surface area contributed by atoms with Crippen LogP contribution in [0.25, 0.3) is 131 Å². The van der Waals surface area contributed by atoms with Gasteiger partial charge in [-0.2, -0.15) is 0 Å². The van der Waals surface area contributed by atoms with Crippen molar-refractivity contribution < 1.29 is 0 Å². The zero-order valence-electron chi connectivity index (χ0n) is 36.3. The SMILES string of the molecule is c1ccc(-c2nc(-c3ccccc3)nc(-c3ccccc3-c3cc(-c4ccc(-c5ccc(-c6ccc7c8ccccc8c8ccccc8c7c6)cc5)cc4)c4c(c3)sc3ccccc34)n2)cc1. The van der Waals surface area contributed by atoms with Gasteiger partial charge in [0.1, 0.15) is 0 Å². The third-order valence-corrected chi connectivity index (χ3v) is 14.3. The molecule has 0 aliphatic carbocycles. The van der Waals surface area contributed by atoms with Gasteiger partial charge >= 0.3 is 0 Å². The second-order valence-corrected chi connectivity index (χ2v) is 18.2. The van der Waals surface area contributed by atoms with Gasteiger partial charge in [-0.3, -0.25) is 0 Å². The number of nitrogens with zero attached hydrogens (tertiary/aromatic N) is 3. The summed E-state index contributed by atoms with van der Waals surface area (Å²) in [4.78, 5) is 15.2. The van der Waals surface area contributed by atoms with Crippen molar-refractivity contribution in [1.29, 1.82) is 0 Å². The smallest absolute Gasteiger partial charge is 0.164 e. The van der Waals surface area contributed by atoms with Crippen LogP contribution in [0.2, 0.25) is 0 Å². The summed E-state index contributed by atoms with van der Waals surface area (Å²) in [5.74, 6) is 1.93. The first-order valence-corrected chi connectivity index (χ1v) is 23.5. The minimum Gasteiger partial charge on any atom is -0.208 e. The van der Waals surface area contributed by atoms with Gasteiger partial charge in [-0.15, -0.1) is 11.3 Å². The molecule has 312 valence electrons. The fourth-order valence-electron chi connectivity index (χ4n) is 9.88. The van der Waals surface area contributed by atoms with Crippen LogP contribution in [0.15, 0.2) is 237 Å². The summed E-state index contributed by atoms with van der Waals surface area (Å²) in [6.45, 7) is 0. The highest BCUT2D eigenvalue weighted by molar-refractivity contribution is 7.26. The van der Waals surface area contributed by atoms with Crippen LogP contribution in [-0.2, 0) is 0 Å². The van der Waals surface area contributed by atoms with E-state index in [1.54, 1.807) is 0 Å². The Morgan fingerprint density at radius 3 is 1.25 bits per heavy atom. The van der Waals surface area contributed by atoms with E-state index in [2.05, 4.69) is 200 Å². The maximum atomic E-state index is 5.14. The van der Waals surface area contributed by atoms with E-state index in [9.17, 15) is 0 Å². The predicted octanol–water partition coefficient (Wildman–Crippen LogP) is 17.4. The van der Waals surface area contributed by atoms with E-state index in [-0.39, 0.29) is 0 Å². The Bertz CT molecular complexity index is 3920. The Hall–Kier alpha value is -8.57. The normalized spacial score (nSPS) is 11.6. The van der Waals surface area contributed by atoms with Gasteiger partial charge in [-0.25, -0.2) is 15.0 Å². The molecule has 3 nitrogen and oxygen atoms in total. The lowest BCUT2D eigenvalue weighted by Crippen LogP contribution is -2.01. The summed E-state index contributed by atoms with van der Waals surface area (Å²) in [5, 5.41) is 10.3. The van der Waals surface area contributed by atoms with Crippen LogP contribution in [0.5, 0.6) is 0 Å². The largest absolute Gasteiger partial charge is 0.208 e. The number of thiophene rings is 1. The molecule has 0 saturated heterocycles. The molecule has 2 aromatic heterocycles. The van der Waals surface area contributed by atoms with Crippen LogP contribution in [0.3, 0.4) is 0 Å².